The zero-order valence-electron chi connectivity index (χ0n) is 34.5. The highest BCUT2D eigenvalue weighted by Gasteiger charge is 2.30. The molecule has 0 saturated carbocycles. The van der Waals surface area contributed by atoms with E-state index >= 15 is 0 Å². The van der Waals surface area contributed by atoms with Crippen LogP contribution < -0.4 is 14.5 Å². The summed E-state index contributed by atoms with van der Waals surface area (Å²) in [6.07, 6.45) is 7.35. The maximum Gasteiger partial charge on any atom is 0.339 e. The number of benzene rings is 2. The number of anilines is 3. The summed E-state index contributed by atoms with van der Waals surface area (Å²) >= 11 is 6.25. The Bertz CT molecular complexity index is 2050. The normalized spacial score (nSPS) is 19.2. The molecule has 2 aromatic heterocycles. The molecule has 9 nitrogen and oxygen atoms in total. The summed E-state index contributed by atoms with van der Waals surface area (Å²) in [5, 5.41) is 1.79. The molecular formula is C45H60ClN5O4Si. The van der Waals surface area contributed by atoms with Gasteiger partial charge in [0.05, 0.1) is 24.5 Å². The average Bonchev–Trinajstić information content (AvgIpc) is 3.48. The summed E-state index contributed by atoms with van der Waals surface area (Å²) in [6, 6.07) is 19.9. The predicted octanol–water partition coefficient (Wildman–Crippen LogP) is 10.3. The number of carbonyl (C=O) groups is 1. The highest BCUT2D eigenvalue weighted by molar-refractivity contribution is 6.76. The number of rotatable bonds is 12. The molecule has 0 radical (unpaired) electrons. The van der Waals surface area contributed by atoms with Crippen LogP contribution >= 0.6 is 11.6 Å². The Labute approximate surface area is 339 Å². The number of hydrogen-bond acceptors (Lipinski definition) is 8. The highest BCUT2D eigenvalue weighted by atomic mass is 35.5. The molecule has 0 bridgehead atoms. The fourth-order valence-corrected chi connectivity index (χ4v) is 9.14. The molecule has 4 aromatic rings. The molecule has 1 atom stereocenters. The zero-order chi connectivity index (χ0) is 39.6. The van der Waals surface area contributed by atoms with E-state index in [9.17, 15) is 4.79 Å². The van der Waals surface area contributed by atoms with Gasteiger partial charge in [0, 0.05) is 82.7 Å². The van der Waals surface area contributed by atoms with Crippen molar-refractivity contribution < 1.29 is 19.0 Å². The Morgan fingerprint density at radius 3 is 2.50 bits per heavy atom. The lowest BCUT2D eigenvalue weighted by Crippen LogP contribution is -2.46. The maximum absolute atomic E-state index is 13.3. The molecule has 2 aromatic carbocycles. The number of ether oxygens (including phenoxy) is 3. The van der Waals surface area contributed by atoms with Crippen LogP contribution in [0.15, 0.2) is 66.4 Å². The predicted molar refractivity (Wildman–Crippen MR) is 233 cm³/mol. The second-order valence-corrected chi connectivity index (χ2v) is 24.0. The second-order valence-electron chi connectivity index (χ2n) is 17.9. The van der Waals surface area contributed by atoms with Crippen LogP contribution in [0.1, 0.15) is 68.8 Å². The molecule has 0 spiro atoms. The van der Waals surface area contributed by atoms with Gasteiger partial charge in [-0.25, -0.2) is 4.79 Å². The van der Waals surface area contributed by atoms with Crippen molar-refractivity contribution >= 4 is 59.3 Å². The maximum atomic E-state index is 13.3. The lowest BCUT2D eigenvalue weighted by molar-refractivity contribution is 0.0601. The van der Waals surface area contributed by atoms with Crippen LogP contribution in [0, 0.1) is 5.41 Å². The van der Waals surface area contributed by atoms with Crippen LogP contribution in [0.5, 0.6) is 5.88 Å². The minimum absolute atomic E-state index is 0.0453. The third-order valence-electron chi connectivity index (χ3n) is 11.8. The van der Waals surface area contributed by atoms with Gasteiger partial charge in [0.25, 0.3) is 0 Å². The van der Waals surface area contributed by atoms with Crippen LogP contribution in [-0.4, -0.2) is 87.6 Å². The molecule has 2 aliphatic heterocycles. The largest absolute Gasteiger partial charge is 0.473 e. The van der Waals surface area contributed by atoms with Gasteiger partial charge in [0.15, 0.2) is 0 Å². The molecule has 56 heavy (non-hydrogen) atoms. The fraction of sp³-hybridized carbons (Fsp3) is 0.511. The number of pyridine rings is 1. The van der Waals surface area contributed by atoms with Crippen molar-refractivity contribution in [3.8, 4) is 5.88 Å². The van der Waals surface area contributed by atoms with E-state index in [4.69, 9.17) is 30.8 Å². The third kappa shape index (κ3) is 9.47. The number of fused-ring (bicyclic) bond motifs is 2. The highest BCUT2D eigenvalue weighted by Crippen LogP contribution is 2.45. The van der Waals surface area contributed by atoms with Crippen molar-refractivity contribution in [2.45, 2.75) is 91.4 Å². The number of allylic oxidation sites excluding steroid dienone is 1. The molecule has 0 amide bonds. The number of aromatic nitrogens is 2. The van der Waals surface area contributed by atoms with E-state index in [0.29, 0.717) is 30.1 Å². The monoisotopic (exact) mass is 797 g/mol. The van der Waals surface area contributed by atoms with Gasteiger partial charge in [-0.15, -0.1) is 0 Å². The van der Waals surface area contributed by atoms with Crippen molar-refractivity contribution in [3.05, 3.63) is 82.5 Å². The fourth-order valence-electron chi connectivity index (χ4n) is 8.25. The van der Waals surface area contributed by atoms with Gasteiger partial charge >= 0.3 is 5.97 Å². The van der Waals surface area contributed by atoms with E-state index in [1.54, 1.807) is 5.57 Å². The molecule has 1 aliphatic carbocycles. The molecule has 3 aliphatic rings. The first kappa shape index (κ1) is 40.4. The summed E-state index contributed by atoms with van der Waals surface area (Å²) in [7, 11) is 0.263. The molecule has 7 rings (SSSR count). The first-order chi connectivity index (χ1) is 26.8. The van der Waals surface area contributed by atoms with Crippen molar-refractivity contribution in [2.75, 3.05) is 62.8 Å². The van der Waals surface area contributed by atoms with Gasteiger partial charge in [-0.3, -0.25) is 4.90 Å². The average molecular weight is 799 g/mol. The topological polar surface area (TPSA) is 72.3 Å². The third-order valence-corrected chi connectivity index (χ3v) is 13.8. The van der Waals surface area contributed by atoms with Gasteiger partial charge in [-0.2, -0.15) is 4.98 Å². The molecule has 0 N–H and O–H groups in total. The summed E-state index contributed by atoms with van der Waals surface area (Å²) in [6.45, 7) is 20.7. The Morgan fingerprint density at radius 1 is 1.00 bits per heavy atom. The Kier molecular flexibility index (Phi) is 12.2. The molecule has 300 valence electrons. The van der Waals surface area contributed by atoms with Crippen molar-refractivity contribution in [1.82, 2.24) is 14.5 Å². The quantitative estimate of drug-likeness (QED) is 0.0797. The molecule has 11 heteroatoms. The zero-order valence-corrected chi connectivity index (χ0v) is 36.3. The van der Waals surface area contributed by atoms with Gasteiger partial charge in [0.2, 0.25) is 5.88 Å². The number of carbonyl (C=O) groups excluding carboxylic acids is 1. The van der Waals surface area contributed by atoms with E-state index in [-0.39, 0.29) is 12.1 Å². The first-order valence-corrected chi connectivity index (χ1v) is 24.5. The van der Waals surface area contributed by atoms with Gasteiger partial charge in [-0.1, -0.05) is 62.8 Å². The van der Waals surface area contributed by atoms with Gasteiger partial charge in [-0.05, 0) is 97.7 Å². The Morgan fingerprint density at radius 2 is 1.77 bits per heavy atom. The Hall–Kier alpha value is -3.83. The number of esters is 1. The molecular weight excluding hydrogens is 738 g/mol. The molecule has 1 saturated heterocycles. The number of halogens is 1. The summed E-state index contributed by atoms with van der Waals surface area (Å²) in [4.78, 5) is 25.6. The first-order valence-electron chi connectivity index (χ1n) is 20.5. The smallest absolute Gasteiger partial charge is 0.339 e. The SMILES string of the molecule is COC(=O)c1ccc(N2CCN(CCC3=C(c4ccc(Cl)cc4)CC(C)(C)CC3)CC2)cc1N1CC[C@H](C)Oc2nc3c(ccn3COCC[Si](C)(C)C)cc21. The second kappa shape index (κ2) is 16.9. The molecule has 4 heterocycles. The minimum Gasteiger partial charge on any atom is -0.473 e. The van der Waals surface area contributed by atoms with E-state index in [2.05, 4.69) is 96.1 Å². The van der Waals surface area contributed by atoms with Crippen molar-refractivity contribution in [2.24, 2.45) is 5.41 Å². The van der Waals surface area contributed by atoms with Crippen molar-refractivity contribution in [3.63, 3.8) is 0 Å². The van der Waals surface area contributed by atoms with Crippen LogP contribution in [0.2, 0.25) is 30.7 Å². The van der Waals surface area contributed by atoms with Crippen LogP contribution in [-0.2, 0) is 16.2 Å². The molecule has 0 unspecified atom stereocenters. The number of methoxy groups -OCH3 is 1. The number of hydrogen-bond donors (Lipinski definition) is 0. The van der Waals surface area contributed by atoms with Gasteiger partial charge in [0.1, 0.15) is 18.1 Å². The van der Waals surface area contributed by atoms with E-state index < -0.39 is 8.07 Å². The van der Waals surface area contributed by atoms with Crippen LogP contribution in [0.25, 0.3) is 16.6 Å². The van der Waals surface area contributed by atoms with E-state index in [1.807, 2.05) is 24.4 Å². The standard InChI is InChI=1S/C45H60ClN5O4Si/c1-32-15-21-51(41-28-35-17-20-50(42(35)47-43(41)55-32)31-54-26-27-56(5,6)7)40-29-37(12-13-38(40)44(52)53-4)49-24-22-48(23-25-49)19-16-34-14-18-45(2,3)30-39(34)33-8-10-36(46)11-9-33/h8-13,17,20,28-29,32H,14-16,18-19,21-27,30-31H2,1-7H3/t32-/m0/s1. The van der Waals surface area contributed by atoms with Crippen LogP contribution in [0.4, 0.5) is 17.1 Å². The summed E-state index contributed by atoms with van der Waals surface area (Å²) in [5.74, 6) is 0.209. The van der Waals surface area contributed by atoms with E-state index in [0.717, 1.165) is 104 Å². The molecule has 1 fully saturated rings. The minimum atomic E-state index is -1.18. The number of piperazine rings is 1. The van der Waals surface area contributed by atoms with Crippen molar-refractivity contribution in [1.29, 1.82) is 0 Å². The lowest BCUT2D eigenvalue weighted by atomic mass is 9.72. The van der Waals surface area contributed by atoms with E-state index in [1.165, 1.54) is 24.7 Å². The van der Waals surface area contributed by atoms with Gasteiger partial charge < -0.3 is 28.6 Å². The summed E-state index contributed by atoms with van der Waals surface area (Å²) in [5.41, 5.74) is 8.87. The van der Waals surface area contributed by atoms with Crippen LogP contribution in [0.3, 0.4) is 0 Å². The summed E-state index contributed by atoms with van der Waals surface area (Å²) < 4.78 is 19.9. The Balaban J connectivity index is 1.09. The number of nitrogens with zero attached hydrogens (tertiary/aromatic N) is 5. The lowest BCUT2D eigenvalue weighted by Gasteiger charge is -2.38.